The van der Waals surface area contributed by atoms with Gasteiger partial charge in [-0.05, 0) is 18.6 Å². The minimum absolute atomic E-state index is 0.494. The van der Waals surface area contributed by atoms with Crippen molar-refractivity contribution >= 4 is 22.9 Å². The number of aromatic nitrogens is 2. The van der Waals surface area contributed by atoms with Gasteiger partial charge in [0.15, 0.2) is 0 Å². The largest absolute Gasteiger partial charge is 0.387 e. The van der Waals surface area contributed by atoms with Crippen LogP contribution >= 0.6 is 22.9 Å². The molecule has 3 nitrogen and oxygen atoms in total. The third kappa shape index (κ3) is 2.64. The van der Waals surface area contributed by atoms with Crippen LogP contribution in [0.2, 0.25) is 5.02 Å². The highest BCUT2D eigenvalue weighted by atomic mass is 35.5. The van der Waals surface area contributed by atoms with Crippen molar-refractivity contribution in [1.82, 2.24) is 9.78 Å². The number of hydrogen-bond donors (Lipinski definition) is 1. The zero-order valence-corrected chi connectivity index (χ0v) is 10.5. The molecule has 5 heteroatoms. The highest BCUT2D eigenvalue weighted by Gasteiger charge is 2.12. The van der Waals surface area contributed by atoms with Crippen LogP contribution < -0.4 is 0 Å². The SMILES string of the molecule is CCn1cc(CC(O)c2cc(Cl)cs2)cn1. The lowest BCUT2D eigenvalue weighted by atomic mass is 10.1. The van der Waals surface area contributed by atoms with Gasteiger partial charge in [-0.3, -0.25) is 4.68 Å². The van der Waals surface area contributed by atoms with E-state index in [1.807, 2.05) is 23.2 Å². The highest BCUT2D eigenvalue weighted by Crippen LogP contribution is 2.27. The molecule has 0 radical (unpaired) electrons. The molecule has 16 heavy (non-hydrogen) atoms. The average Bonchev–Trinajstić information content (AvgIpc) is 2.87. The molecule has 86 valence electrons. The van der Waals surface area contributed by atoms with E-state index in [9.17, 15) is 5.11 Å². The summed E-state index contributed by atoms with van der Waals surface area (Å²) >= 11 is 7.30. The molecule has 0 aliphatic carbocycles. The summed E-state index contributed by atoms with van der Waals surface area (Å²) in [5, 5.41) is 16.7. The van der Waals surface area contributed by atoms with Crippen LogP contribution in [0, 0.1) is 0 Å². The normalized spacial score (nSPS) is 12.9. The maximum atomic E-state index is 9.98. The second-order valence-corrected chi connectivity index (χ2v) is 4.97. The summed E-state index contributed by atoms with van der Waals surface area (Å²) in [6.45, 7) is 2.88. The third-order valence-electron chi connectivity index (χ3n) is 2.36. The van der Waals surface area contributed by atoms with Gasteiger partial charge in [0.05, 0.1) is 17.3 Å². The number of aliphatic hydroxyl groups is 1. The number of thiophene rings is 1. The van der Waals surface area contributed by atoms with E-state index in [2.05, 4.69) is 5.10 Å². The Balaban J connectivity index is 2.04. The third-order valence-corrected chi connectivity index (χ3v) is 3.74. The van der Waals surface area contributed by atoms with E-state index < -0.39 is 6.10 Å². The number of aliphatic hydroxyl groups excluding tert-OH is 1. The Hall–Kier alpha value is -0.840. The Morgan fingerprint density at radius 1 is 1.62 bits per heavy atom. The van der Waals surface area contributed by atoms with E-state index in [-0.39, 0.29) is 0 Å². The smallest absolute Gasteiger partial charge is 0.0923 e. The van der Waals surface area contributed by atoms with Gasteiger partial charge in [0.1, 0.15) is 0 Å². The molecule has 0 amide bonds. The number of hydrogen-bond acceptors (Lipinski definition) is 3. The van der Waals surface area contributed by atoms with Crippen LogP contribution in [0.15, 0.2) is 23.8 Å². The predicted octanol–water partition coefficient (Wildman–Crippen LogP) is 2.89. The van der Waals surface area contributed by atoms with Crippen LogP contribution in [0.1, 0.15) is 23.5 Å². The second-order valence-electron chi connectivity index (χ2n) is 3.59. The molecular formula is C11H13ClN2OS. The first kappa shape index (κ1) is 11.6. The number of rotatable bonds is 4. The Bertz CT molecular complexity index is 466. The zero-order valence-electron chi connectivity index (χ0n) is 8.93. The molecule has 1 N–H and O–H groups in total. The summed E-state index contributed by atoms with van der Waals surface area (Å²) in [7, 11) is 0. The van der Waals surface area contributed by atoms with E-state index in [4.69, 9.17) is 11.6 Å². The molecule has 2 heterocycles. The molecule has 0 aliphatic heterocycles. The molecule has 0 saturated carbocycles. The Morgan fingerprint density at radius 3 is 3.00 bits per heavy atom. The Morgan fingerprint density at radius 2 is 2.44 bits per heavy atom. The van der Waals surface area contributed by atoms with Gasteiger partial charge < -0.3 is 5.11 Å². The van der Waals surface area contributed by atoms with Crippen LogP contribution in [0.25, 0.3) is 0 Å². The van der Waals surface area contributed by atoms with Gasteiger partial charge >= 0.3 is 0 Å². The van der Waals surface area contributed by atoms with E-state index in [0.717, 1.165) is 17.0 Å². The lowest BCUT2D eigenvalue weighted by molar-refractivity contribution is 0.182. The first-order valence-corrected chi connectivity index (χ1v) is 6.38. The molecule has 0 aliphatic rings. The second kappa shape index (κ2) is 4.99. The molecule has 0 fully saturated rings. The molecule has 1 unspecified atom stereocenters. The first-order valence-electron chi connectivity index (χ1n) is 5.12. The Labute approximate surface area is 103 Å². The van der Waals surface area contributed by atoms with Crippen LogP contribution in [0.5, 0.6) is 0 Å². The fourth-order valence-corrected chi connectivity index (χ4v) is 2.58. The quantitative estimate of drug-likeness (QED) is 0.914. The molecule has 0 bridgehead atoms. The van der Waals surface area contributed by atoms with Crippen molar-refractivity contribution in [2.75, 3.05) is 0 Å². The maximum absolute atomic E-state index is 9.98. The molecule has 0 spiro atoms. The molecule has 1 atom stereocenters. The minimum atomic E-state index is -0.494. The zero-order chi connectivity index (χ0) is 11.5. The minimum Gasteiger partial charge on any atom is -0.387 e. The highest BCUT2D eigenvalue weighted by molar-refractivity contribution is 7.10. The van der Waals surface area contributed by atoms with Gasteiger partial charge in [0, 0.05) is 29.4 Å². The van der Waals surface area contributed by atoms with Gasteiger partial charge in [-0.2, -0.15) is 5.10 Å². The molecular weight excluding hydrogens is 244 g/mol. The van der Waals surface area contributed by atoms with Crippen molar-refractivity contribution in [3.63, 3.8) is 0 Å². The number of nitrogens with zero attached hydrogens (tertiary/aromatic N) is 2. The van der Waals surface area contributed by atoms with Crippen molar-refractivity contribution in [2.24, 2.45) is 0 Å². The maximum Gasteiger partial charge on any atom is 0.0923 e. The van der Waals surface area contributed by atoms with Crippen molar-refractivity contribution in [2.45, 2.75) is 26.0 Å². The summed E-state index contributed by atoms with van der Waals surface area (Å²) in [5.41, 5.74) is 1.04. The molecule has 0 aromatic carbocycles. The first-order chi connectivity index (χ1) is 7.69. The van der Waals surface area contributed by atoms with Gasteiger partial charge in [0.25, 0.3) is 0 Å². The van der Waals surface area contributed by atoms with Gasteiger partial charge in [-0.15, -0.1) is 11.3 Å². The van der Waals surface area contributed by atoms with Gasteiger partial charge in [0.2, 0.25) is 0 Å². The Kier molecular flexibility index (Phi) is 3.63. The van der Waals surface area contributed by atoms with Crippen molar-refractivity contribution in [3.05, 3.63) is 39.3 Å². The van der Waals surface area contributed by atoms with E-state index >= 15 is 0 Å². The number of halogens is 1. The lowest BCUT2D eigenvalue weighted by Crippen LogP contribution is -1.98. The summed E-state index contributed by atoms with van der Waals surface area (Å²) < 4.78 is 1.85. The molecule has 0 saturated heterocycles. The van der Waals surface area contributed by atoms with Crippen LogP contribution in [0.3, 0.4) is 0 Å². The van der Waals surface area contributed by atoms with Crippen molar-refractivity contribution < 1.29 is 5.11 Å². The van der Waals surface area contributed by atoms with Crippen LogP contribution in [-0.2, 0) is 13.0 Å². The molecule has 2 aromatic heterocycles. The monoisotopic (exact) mass is 256 g/mol. The van der Waals surface area contributed by atoms with E-state index in [0.29, 0.717) is 11.4 Å². The van der Waals surface area contributed by atoms with Crippen LogP contribution in [-0.4, -0.2) is 14.9 Å². The molecule has 2 aromatic rings. The van der Waals surface area contributed by atoms with E-state index in [1.54, 1.807) is 12.3 Å². The fraction of sp³-hybridized carbons (Fsp3) is 0.364. The lowest BCUT2D eigenvalue weighted by Gasteiger charge is -2.05. The molecule has 2 rings (SSSR count). The van der Waals surface area contributed by atoms with Gasteiger partial charge in [-0.1, -0.05) is 11.6 Å². The fourth-order valence-electron chi connectivity index (χ4n) is 1.51. The van der Waals surface area contributed by atoms with Crippen LogP contribution in [0.4, 0.5) is 0 Å². The summed E-state index contributed by atoms with van der Waals surface area (Å²) in [4.78, 5) is 0.897. The summed E-state index contributed by atoms with van der Waals surface area (Å²) in [5.74, 6) is 0. The standard InChI is InChI=1S/C11H13ClN2OS/c1-2-14-6-8(5-13-14)3-10(15)11-4-9(12)7-16-11/h4-7,10,15H,2-3H2,1H3. The summed E-state index contributed by atoms with van der Waals surface area (Å²) in [6.07, 6.45) is 3.84. The average molecular weight is 257 g/mol. The predicted molar refractivity (Wildman–Crippen MR) is 65.9 cm³/mol. The summed E-state index contributed by atoms with van der Waals surface area (Å²) in [6, 6.07) is 1.81. The topological polar surface area (TPSA) is 38.0 Å². The number of aryl methyl sites for hydroxylation is 1. The van der Waals surface area contributed by atoms with Crippen molar-refractivity contribution in [3.8, 4) is 0 Å². The van der Waals surface area contributed by atoms with Gasteiger partial charge in [-0.25, -0.2) is 0 Å². The van der Waals surface area contributed by atoms with Crippen molar-refractivity contribution in [1.29, 1.82) is 0 Å². The van der Waals surface area contributed by atoms with E-state index in [1.165, 1.54) is 11.3 Å².